The van der Waals surface area contributed by atoms with Crippen molar-refractivity contribution in [3.8, 4) is 0 Å². The minimum atomic E-state index is -0.257. The van der Waals surface area contributed by atoms with E-state index in [9.17, 15) is 4.39 Å². The fourth-order valence-corrected chi connectivity index (χ4v) is 3.33. The number of benzene rings is 2. The van der Waals surface area contributed by atoms with Gasteiger partial charge < -0.3 is 10.6 Å². The van der Waals surface area contributed by atoms with Crippen molar-refractivity contribution in [2.75, 3.05) is 10.6 Å². The van der Waals surface area contributed by atoms with Crippen LogP contribution in [0, 0.1) is 5.82 Å². The van der Waals surface area contributed by atoms with E-state index in [-0.39, 0.29) is 5.82 Å². The van der Waals surface area contributed by atoms with Crippen LogP contribution in [0.25, 0.3) is 0 Å². The molecule has 2 N–H and O–H groups in total. The topological polar surface area (TPSA) is 59.7 Å². The van der Waals surface area contributed by atoms with Gasteiger partial charge in [-0.25, -0.2) is 4.39 Å². The van der Waals surface area contributed by atoms with Gasteiger partial charge in [0.05, 0.1) is 25.0 Å². The lowest BCUT2D eigenvalue weighted by atomic mass is 10.2. The molecule has 0 bridgehead atoms. The first-order chi connectivity index (χ1) is 14.6. The second-order valence-electron chi connectivity index (χ2n) is 6.59. The van der Waals surface area contributed by atoms with Crippen molar-refractivity contribution in [2.24, 2.45) is 0 Å². The molecule has 0 radical (unpaired) electrons. The zero-order valence-corrected chi connectivity index (χ0v) is 17.4. The first-order valence-corrected chi connectivity index (χ1v) is 9.96. The molecule has 2 heterocycles. The Morgan fingerprint density at radius 1 is 0.967 bits per heavy atom. The summed E-state index contributed by atoms with van der Waals surface area (Å²) in [6.07, 6.45) is 5.24. The molecule has 0 fully saturated rings. The predicted octanol–water partition coefficient (Wildman–Crippen LogP) is 4.78. The Balaban J connectivity index is 1.33. The monoisotopic (exact) mass is 440 g/mol. The summed E-state index contributed by atoms with van der Waals surface area (Å²) in [5.41, 5.74) is 2.24. The number of anilines is 2. The Bertz CT molecular complexity index is 1080. The third kappa shape index (κ3) is 5.03. The molecule has 0 aliphatic carbocycles. The Morgan fingerprint density at radius 3 is 2.50 bits per heavy atom. The summed E-state index contributed by atoms with van der Waals surface area (Å²) < 4.78 is 17.2. The molecule has 0 saturated carbocycles. The molecular weight excluding hydrogens is 423 g/mol. The van der Waals surface area contributed by atoms with Crippen LogP contribution in [0.5, 0.6) is 0 Å². The molecule has 6 nitrogen and oxygen atoms in total. The molecule has 4 rings (SSSR count). The summed E-state index contributed by atoms with van der Waals surface area (Å²) in [5.74, 6) is 0.352. The molecule has 0 amide bonds. The van der Waals surface area contributed by atoms with Crippen LogP contribution in [0.4, 0.5) is 15.9 Å². The van der Waals surface area contributed by atoms with Crippen LogP contribution >= 0.6 is 23.8 Å². The minimum Gasteiger partial charge on any atom is -0.330 e. The normalized spacial score (nSPS) is 10.7. The maximum atomic E-state index is 13.8. The molecule has 2 aromatic heterocycles. The number of aromatic nitrogens is 4. The van der Waals surface area contributed by atoms with Gasteiger partial charge in [-0.3, -0.25) is 9.36 Å². The summed E-state index contributed by atoms with van der Waals surface area (Å²) >= 11 is 11.5. The first-order valence-electron chi connectivity index (χ1n) is 9.17. The zero-order chi connectivity index (χ0) is 20.9. The van der Waals surface area contributed by atoms with E-state index in [1.54, 1.807) is 40.0 Å². The van der Waals surface area contributed by atoms with Gasteiger partial charge in [-0.1, -0.05) is 48.0 Å². The molecule has 2 aromatic carbocycles. The number of nitrogens with zero attached hydrogens (tertiary/aromatic N) is 4. The van der Waals surface area contributed by atoms with Crippen molar-refractivity contribution < 1.29 is 4.39 Å². The number of halogens is 2. The van der Waals surface area contributed by atoms with E-state index in [4.69, 9.17) is 23.8 Å². The number of hydrogen-bond acceptors (Lipinski definition) is 3. The van der Waals surface area contributed by atoms with Gasteiger partial charge in [0.2, 0.25) is 0 Å². The van der Waals surface area contributed by atoms with Gasteiger partial charge in [0.25, 0.3) is 0 Å². The highest BCUT2D eigenvalue weighted by Gasteiger charge is 2.07. The van der Waals surface area contributed by atoms with Gasteiger partial charge in [-0.15, -0.1) is 0 Å². The van der Waals surface area contributed by atoms with Crippen LogP contribution in [0.2, 0.25) is 5.02 Å². The molecular formula is C21H18ClFN6S. The van der Waals surface area contributed by atoms with Crippen LogP contribution in [0.15, 0.2) is 73.2 Å². The second-order valence-corrected chi connectivity index (χ2v) is 7.40. The molecule has 0 unspecified atom stereocenters. The van der Waals surface area contributed by atoms with E-state index in [1.165, 1.54) is 6.07 Å². The standard InChI is InChI=1S/C21H18ClFN6S/c22-18-7-3-1-5-15(18)12-28-10-9-20(27-28)26-21(30)25-17-11-24-29(14-17)13-16-6-2-4-8-19(16)23/h1-11,14H,12-13H2,(H2,25,26,27,30). The maximum absolute atomic E-state index is 13.8. The lowest BCUT2D eigenvalue weighted by Gasteiger charge is -2.07. The molecule has 30 heavy (non-hydrogen) atoms. The van der Waals surface area contributed by atoms with Crippen molar-refractivity contribution in [1.29, 1.82) is 0 Å². The van der Waals surface area contributed by atoms with Crippen molar-refractivity contribution >= 4 is 40.4 Å². The SMILES string of the molecule is Fc1ccccc1Cn1cc(NC(=S)Nc2ccn(Cc3ccccc3Cl)n2)cn1. The van der Waals surface area contributed by atoms with E-state index in [0.717, 1.165) is 5.56 Å². The van der Waals surface area contributed by atoms with Crippen molar-refractivity contribution in [3.63, 3.8) is 0 Å². The molecule has 0 saturated heterocycles. The predicted molar refractivity (Wildman–Crippen MR) is 120 cm³/mol. The average Bonchev–Trinajstić information content (AvgIpc) is 3.35. The Kier molecular flexibility index (Phi) is 6.06. The van der Waals surface area contributed by atoms with Gasteiger partial charge in [-0.05, 0) is 29.9 Å². The maximum Gasteiger partial charge on any atom is 0.176 e. The minimum absolute atomic E-state index is 0.257. The Hall–Kier alpha value is -3.23. The van der Waals surface area contributed by atoms with Crippen LogP contribution in [-0.4, -0.2) is 24.7 Å². The van der Waals surface area contributed by atoms with Crippen LogP contribution in [0.3, 0.4) is 0 Å². The third-order valence-electron chi connectivity index (χ3n) is 4.35. The lowest BCUT2D eigenvalue weighted by Crippen LogP contribution is -2.19. The Morgan fingerprint density at radius 2 is 1.70 bits per heavy atom. The largest absolute Gasteiger partial charge is 0.330 e. The summed E-state index contributed by atoms with van der Waals surface area (Å²) in [4.78, 5) is 0. The van der Waals surface area contributed by atoms with Crippen LogP contribution in [-0.2, 0) is 13.1 Å². The quantitative estimate of drug-likeness (QED) is 0.423. The van der Waals surface area contributed by atoms with Crippen molar-refractivity contribution in [2.45, 2.75) is 13.1 Å². The highest BCUT2D eigenvalue weighted by atomic mass is 35.5. The fourth-order valence-electron chi connectivity index (χ4n) is 2.91. The highest BCUT2D eigenvalue weighted by Crippen LogP contribution is 2.17. The highest BCUT2D eigenvalue weighted by molar-refractivity contribution is 7.80. The fraction of sp³-hybridized carbons (Fsp3) is 0.0952. The summed E-state index contributed by atoms with van der Waals surface area (Å²) in [7, 11) is 0. The summed E-state index contributed by atoms with van der Waals surface area (Å²) in [5, 5.41) is 15.9. The summed E-state index contributed by atoms with van der Waals surface area (Å²) in [6.45, 7) is 0.894. The van der Waals surface area contributed by atoms with E-state index in [1.807, 2.05) is 36.5 Å². The second kappa shape index (κ2) is 9.06. The number of nitrogens with one attached hydrogen (secondary N) is 2. The first kappa shape index (κ1) is 20.1. The van der Waals surface area contributed by atoms with E-state index < -0.39 is 0 Å². The van der Waals surface area contributed by atoms with Gasteiger partial charge in [0.1, 0.15) is 5.82 Å². The number of hydrogen-bond donors (Lipinski definition) is 2. The smallest absolute Gasteiger partial charge is 0.176 e. The van der Waals surface area contributed by atoms with Crippen molar-refractivity contribution in [1.82, 2.24) is 19.6 Å². The molecule has 0 aliphatic heterocycles. The van der Waals surface area contributed by atoms with Crippen LogP contribution in [0.1, 0.15) is 11.1 Å². The van der Waals surface area contributed by atoms with Crippen LogP contribution < -0.4 is 10.6 Å². The molecule has 0 aliphatic rings. The molecule has 152 valence electrons. The third-order valence-corrected chi connectivity index (χ3v) is 4.93. The number of thiocarbonyl (C=S) groups is 1. The van der Waals surface area contributed by atoms with E-state index in [2.05, 4.69) is 20.8 Å². The zero-order valence-electron chi connectivity index (χ0n) is 15.8. The summed E-state index contributed by atoms with van der Waals surface area (Å²) in [6, 6.07) is 16.1. The molecule has 0 spiro atoms. The van der Waals surface area contributed by atoms with Crippen molar-refractivity contribution in [3.05, 3.63) is 95.2 Å². The van der Waals surface area contributed by atoms with Gasteiger partial charge in [0, 0.05) is 29.0 Å². The molecule has 0 atom stereocenters. The molecule has 9 heteroatoms. The van der Waals surface area contributed by atoms with Gasteiger partial charge in [-0.2, -0.15) is 10.2 Å². The average molecular weight is 441 g/mol. The lowest BCUT2D eigenvalue weighted by molar-refractivity contribution is 0.585. The van der Waals surface area contributed by atoms with E-state index in [0.29, 0.717) is 40.3 Å². The van der Waals surface area contributed by atoms with Gasteiger partial charge >= 0.3 is 0 Å². The van der Waals surface area contributed by atoms with Gasteiger partial charge in [0.15, 0.2) is 10.9 Å². The number of rotatable bonds is 6. The van der Waals surface area contributed by atoms with E-state index >= 15 is 0 Å². The molecule has 4 aromatic rings. The Labute approximate surface area is 183 Å².